The smallest absolute Gasteiger partial charge is 0.227 e. The van der Waals surface area contributed by atoms with Gasteiger partial charge >= 0.3 is 0 Å². The molecule has 2 aliphatic rings. The topological polar surface area (TPSA) is 53.0 Å². The Morgan fingerprint density at radius 1 is 1.25 bits per heavy atom. The van der Waals surface area contributed by atoms with Gasteiger partial charge in [0.15, 0.2) is 0 Å². The molecule has 5 nitrogen and oxygen atoms in total. The van der Waals surface area contributed by atoms with E-state index in [0.717, 1.165) is 25.9 Å². The van der Waals surface area contributed by atoms with Crippen LogP contribution in [0.1, 0.15) is 18.4 Å². The Hall–Kier alpha value is -1.59. The molecule has 3 rings (SSSR count). The second-order valence-corrected chi connectivity index (χ2v) is 7.40. The zero-order valence-corrected chi connectivity index (χ0v) is 14.8. The molecule has 1 heterocycles. The molecule has 5 heteroatoms. The van der Waals surface area contributed by atoms with Crippen LogP contribution in [0.5, 0.6) is 5.75 Å². The minimum Gasteiger partial charge on any atom is -0.508 e. The molecule has 1 N–H and O–H groups in total. The minimum atomic E-state index is 0.112. The molecule has 0 aromatic heterocycles. The molecule has 0 unspecified atom stereocenters. The van der Waals surface area contributed by atoms with Gasteiger partial charge in [-0.25, -0.2) is 0 Å². The van der Waals surface area contributed by atoms with E-state index in [0.29, 0.717) is 23.4 Å². The van der Waals surface area contributed by atoms with Crippen molar-refractivity contribution in [3.8, 4) is 5.75 Å². The molecule has 1 saturated carbocycles. The zero-order chi connectivity index (χ0) is 17.3. The Kier molecular flexibility index (Phi) is 5.11. The average molecular weight is 332 g/mol. The first-order valence-corrected chi connectivity index (χ1v) is 8.73. The molecule has 1 saturated heterocycles. The van der Waals surface area contributed by atoms with E-state index in [2.05, 4.69) is 19.0 Å². The maximum atomic E-state index is 12.6. The van der Waals surface area contributed by atoms with E-state index in [9.17, 15) is 9.90 Å². The van der Waals surface area contributed by atoms with Gasteiger partial charge in [-0.15, -0.1) is 0 Å². The third-order valence-corrected chi connectivity index (χ3v) is 5.74. The molecule has 0 radical (unpaired) electrons. The lowest BCUT2D eigenvalue weighted by Gasteiger charge is -2.40. The molecule has 1 aliphatic carbocycles. The highest BCUT2D eigenvalue weighted by molar-refractivity contribution is 5.79. The first-order chi connectivity index (χ1) is 11.5. The van der Waals surface area contributed by atoms with E-state index in [-0.39, 0.29) is 24.2 Å². The summed E-state index contributed by atoms with van der Waals surface area (Å²) in [5.41, 5.74) is 0.707. The largest absolute Gasteiger partial charge is 0.508 e. The molecule has 1 aromatic carbocycles. The van der Waals surface area contributed by atoms with Crippen LogP contribution in [0.3, 0.4) is 0 Å². The lowest BCUT2D eigenvalue weighted by Crippen LogP contribution is -2.47. The molecule has 1 amide bonds. The van der Waals surface area contributed by atoms with Gasteiger partial charge in [-0.05, 0) is 44.8 Å². The summed E-state index contributed by atoms with van der Waals surface area (Å²) >= 11 is 0. The van der Waals surface area contributed by atoms with Crippen LogP contribution in [-0.2, 0) is 16.0 Å². The van der Waals surface area contributed by atoms with Crippen molar-refractivity contribution in [3.05, 3.63) is 29.8 Å². The number of methoxy groups -OCH3 is 1. The number of phenolic OH excluding ortho intramolecular Hbond substituents is 1. The molecule has 1 aromatic rings. The molecule has 4 atom stereocenters. The van der Waals surface area contributed by atoms with Crippen molar-refractivity contribution < 1.29 is 14.6 Å². The number of fused-ring (bicyclic) bond motifs is 1. The molecule has 0 spiro atoms. The fourth-order valence-corrected chi connectivity index (χ4v) is 4.33. The summed E-state index contributed by atoms with van der Waals surface area (Å²) < 4.78 is 5.70. The SMILES string of the molecule is CO[C@@H]1C[C@H]2CN(C(=O)Cc3ccccc3O)C[C@H]2C[C@H]1N(C)C. The first kappa shape index (κ1) is 17.2. The molecule has 1 aliphatic heterocycles. The quantitative estimate of drug-likeness (QED) is 0.913. The Bertz CT molecular complexity index is 590. The van der Waals surface area contributed by atoms with Crippen LogP contribution in [0.4, 0.5) is 0 Å². The van der Waals surface area contributed by atoms with Gasteiger partial charge in [0.25, 0.3) is 0 Å². The van der Waals surface area contributed by atoms with E-state index in [4.69, 9.17) is 4.74 Å². The van der Waals surface area contributed by atoms with Crippen LogP contribution in [0.15, 0.2) is 24.3 Å². The van der Waals surface area contributed by atoms with E-state index in [1.165, 1.54) is 0 Å². The van der Waals surface area contributed by atoms with Crippen molar-refractivity contribution in [3.63, 3.8) is 0 Å². The lowest BCUT2D eigenvalue weighted by atomic mass is 9.77. The number of nitrogens with zero attached hydrogens (tertiary/aromatic N) is 2. The first-order valence-electron chi connectivity index (χ1n) is 8.73. The van der Waals surface area contributed by atoms with Crippen molar-refractivity contribution in [2.24, 2.45) is 11.8 Å². The highest BCUT2D eigenvalue weighted by Crippen LogP contribution is 2.39. The van der Waals surface area contributed by atoms with Crippen molar-refractivity contribution >= 4 is 5.91 Å². The summed E-state index contributed by atoms with van der Waals surface area (Å²) in [4.78, 5) is 16.9. The van der Waals surface area contributed by atoms with Gasteiger partial charge in [-0.1, -0.05) is 18.2 Å². The number of amides is 1. The highest BCUT2D eigenvalue weighted by atomic mass is 16.5. The summed E-state index contributed by atoms with van der Waals surface area (Å²) in [5, 5.41) is 9.88. The molecule has 0 bridgehead atoms. The van der Waals surface area contributed by atoms with Gasteiger partial charge in [0.05, 0.1) is 12.5 Å². The van der Waals surface area contributed by atoms with Crippen molar-refractivity contribution in [2.75, 3.05) is 34.3 Å². The number of hydrogen-bond donors (Lipinski definition) is 1. The number of aromatic hydroxyl groups is 1. The van der Waals surface area contributed by atoms with E-state index in [1.807, 2.05) is 17.0 Å². The van der Waals surface area contributed by atoms with Gasteiger partial charge in [0.1, 0.15) is 5.75 Å². The van der Waals surface area contributed by atoms with E-state index < -0.39 is 0 Å². The van der Waals surface area contributed by atoms with Gasteiger partial charge in [-0.3, -0.25) is 4.79 Å². The summed E-state index contributed by atoms with van der Waals surface area (Å²) in [7, 11) is 6.00. The van der Waals surface area contributed by atoms with Crippen molar-refractivity contribution in [1.82, 2.24) is 9.80 Å². The summed E-state index contributed by atoms with van der Waals surface area (Å²) in [6.07, 6.45) is 2.62. The standard InChI is InChI=1S/C19H28N2O3/c1-20(2)16-8-14-11-21(12-15(14)9-18(16)24-3)19(23)10-13-6-4-5-7-17(13)22/h4-7,14-16,18,22H,8-12H2,1-3H3/t14-,15+,16-,18-/m1/s1. The van der Waals surface area contributed by atoms with Crippen LogP contribution < -0.4 is 0 Å². The fourth-order valence-electron chi connectivity index (χ4n) is 4.33. The maximum Gasteiger partial charge on any atom is 0.227 e. The zero-order valence-electron chi connectivity index (χ0n) is 14.8. The molecule has 24 heavy (non-hydrogen) atoms. The Balaban J connectivity index is 1.64. The number of carbonyl (C=O) groups is 1. The van der Waals surface area contributed by atoms with Crippen LogP contribution in [0.25, 0.3) is 0 Å². The second kappa shape index (κ2) is 7.11. The minimum absolute atomic E-state index is 0.112. The average Bonchev–Trinajstić information content (AvgIpc) is 2.98. The number of benzene rings is 1. The number of carbonyl (C=O) groups excluding carboxylic acids is 1. The number of para-hydroxylation sites is 1. The molecule has 2 fully saturated rings. The number of ether oxygens (including phenoxy) is 1. The van der Waals surface area contributed by atoms with Crippen molar-refractivity contribution in [2.45, 2.75) is 31.4 Å². The Morgan fingerprint density at radius 3 is 2.54 bits per heavy atom. The van der Waals surface area contributed by atoms with E-state index >= 15 is 0 Å². The van der Waals surface area contributed by atoms with Gasteiger partial charge in [0, 0.05) is 31.8 Å². The second-order valence-electron chi connectivity index (χ2n) is 7.40. The van der Waals surface area contributed by atoms with Crippen LogP contribution in [-0.4, -0.2) is 67.3 Å². The van der Waals surface area contributed by atoms with Gasteiger partial charge in [0.2, 0.25) is 5.91 Å². The molecular weight excluding hydrogens is 304 g/mol. The Morgan fingerprint density at radius 2 is 1.92 bits per heavy atom. The normalized spacial score (nSPS) is 29.8. The van der Waals surface area contributed by atoms with Gasteiger partial charge < -0.3 is 19.6 Å². The van der Waals surface area contributed by atoms with Crippen LogP contribution in [0.2, 0.25) is 0 Å². The third kappa shape index (κ3) is 3.42. The van der Waals surface area contributed by atoms with Crippen molar-refractivity contribution in [1.29, 1.82) is 0 Å². The van der Waals surface area contributed by atoms with Crippen LogP contribution >= 0.6 is 0 Å². The molecule has 132 valence electrons. The summed E-state index contributed by atoms with van der Waals surface area (Å²) in [6, 6.07) is 7.51. The maximum absolute atomic E-state index is 12.6. The lowest BCUT2D eigenvalue weighted by molar-refractivity contribution is -0.129. The fraction of sp³-hybridized carbons (Fsp3) is 0.632. The Labute approximate surface area is 144 Å². The van der Waals surface area contributed by atoms with Gasteiger partial charge in [-0.2, -0.15) is 0 Å². The predicted molar refractivity (Wildman–Crippen MR) is 92.9 cm³/mol. The van der Waals surface area contributed by atoms with E-state index in [1.54, 1.807) is 19.2 Å². The number of phenols is 1. The summed E-state index contributed by atoms with van der Waals surface area (Å²) in [6.45, 7) is 1.65. The number of hydrogen-bond acceptors (Lipinski definition) is 4. The predicted octanol–water partition coefficient (Wildman–Crippen LogP) is 1.75. The highest BCUT2D eigenvalue weighted by Gasteiger charge is 2.44. The van der Waals surface area contributed by atoms with Crippen LogP contribution in [0, 0.1) is 11.8 Å². The monoisotopic (exact) mass is 332 g/mol. The number of likely N-dealkylation sites (tertiary alicyclic amines) is 1. The number of likely N-dealkylation sites (N-methyl/N-ethyl adjacent to an activating group) is 1. The molecular formula is C19H28N2O3. The summed E-state index contributed by atoms with van der Waals surface area (Å²) in [5.74, 6) is 1.40. The number of rotatable bonds is 4. The third-order valence-electron chi connectivity index (χ3n) is 5.74.